The summed E-state index contributed by atoms with van der Waals surface area (Å²) in [6.45, 7) is -0.452. The van der Waals surface area contributed by atoms with Crippen molar-refractivity contribution < 1.29 is 9.52 Å². The van der Waals surface area contributed by atoms with Gasteiger partial charge in [-0.3, -0.25) is 0 Å². The van der Waals surface area contributed by atoms with Crippen LogP contribution in [-0.2, 0) is 11.7 Å². The molecule has 0 N–H and O–H groups in total. The van der Waals surface area contributed by atoms with E-state index in [1.807, 2.05) is 60.7 Å². The van der Waals surface area contributed by atoms with Crippen LogP contribution in [0.25, 0.3) is 22.6 Å². The van der Waals surface area contributed by atoms with Gasteiger partial charge < -0.3 is 4.42 Å². The standard InChI is InChI=1S/C16H12NO2/c18-11-14-17-15(12-7-3-1-4-8-12)16(19-14)13-9-5-2-6-10-13/h1-10H,11H2. The van der Waals surface area contributed by atoms with Crippen molar-refractivity contribution in [3.63, 3.8) is 0 Å². The second kappa shape index (κ2) is 5.08. The SMILES string of the molecule is [O]Cc1nc(-c2ccccc2)c(-c2ccccc2)o1. The minimum Gasteiger partial charge on any atom is -0.437 e. The number of rotatable bonds is 3. The normalized spacial score (nSPS) is 10.6. The van der Waals surface area contributed by atoms with Crippen LogP contribution in [-0.4, -0.2) is 4.98 Å². The van der Waals surface area contributed by atoms with Crippen molar-refractivity contribution in [1.82, 2.24) is 4.98 Å². The smallest absolute Gasteiger partial charge is 0.224 e. The van der Waals surface area contributed by atoms with E-state index in [9.17, 15) is 5.11 Å². The lowest BCUT2D eigenvalue weighted by Crippen LogP contribution is -1.83. The fraction of sp³-hybridized carbons (Fsp3) is 0.0625. The zero-order valence-electron chi connectivity index (χ0n) is 10.2. The maximum absolute atomic E-state index is 11.0. The maximum atomic E-state index is 11.0. The third-order valence-electron chi connectivity index (χ3n) is 2.88. The molecule has 0 aliphatic carbocycles. The van der Waals surface area contributed by atoms with Gasteiger partial charge in [0, 0.05) is 11.1 Å². The minimum absolute atomic E-state index is 0.220. The molecule has 0 saturated carbocycles. The van der Waals surface area contributed by atoms with Crippen LogP contribution in [0.1, 0.15) is 5.89 Å². The molecule has 93 valence electrons. The Labute approximate surface area is 111 Å². The number of hydrogen-bond acceptors (Lipinski definition) is 2. The summed E-state index contributed by atoms with van der Waals surface area (Å²) in [6.07, 6.45) is 0. The summed E-state index contributed by atoms with van der Waals surface area (Å²) in [5, 5.41) is 11.0. The number of nitrogens with zero attached hydrogens (tertiary/aromatic N) is 1. The third-order valence-corrected chi connectivity index (χ3v) is 2.88. The van der Waals surface area contributed by atoms with Crippen molar-refractivity contribution in [2.24, 2.45) is 0 Å². The van der Waals surface area contributed by atoms with Gasteiger partial charge in [-0.1, -0.05) is 60.7 Å². The summed E-state index contributed by atoms with van der Waals surface area (Å²) in [4.78, 5) is 4.30. The molecule has 3 aromatic rings. The zero-order chi connectivity index (χ0) is 13.1. The highest BCUT2D eigenvalue weighted by Gasteiger charge is 2.16. The zero-order valence-corrected chi connectivity index (χ0v) is 10.2. The number of aromatic nitrogens is 1. The largest absolute Gasteiger partial charge is 0.437 e. The van der Waals surface area contributed by atoms with Crippen molar-refractivity contribution in [2.45, 2.75) is 6.61 Å². The van der Waals surface area contributed by atoms with Crippen LogP contribution in [0.15, 0.2) is 65.1 Å². The summed E-state index contributed by atoms with van der Waals surface area (Å²) >= 11 is 0. The Morgan fingerprint density at radius 3 is 2.00 bits per heavy atom. The molecule has 0 amide bonds. The van der Waals surface area contributed by atoms with E-state index in [2.05, 4.69) is 4.98 Å². The van der Waals surface area contributed by atoms with Gasteiger partial charge in [0.05, 0.1) is 0 Å². The summed E-state index contributed by atoms with van der Waals surface area (Å²) in [5.41, 5.74) is 2.59. The fourth-order valence-corrected chi connectivity index (χ4v) is 2.00. The Balaban J connectivity index is 2.17. The highest BCUT2D eigenvalue weighted by atomic mass is 16.4. The molecule has 0 fully saturated rings. The molecule has 0 aliphatic heterocycles. The first-order valence-corrected chi connectivity index (χ1v) is 6.07. The number of oxazole rings is 1. The van der Waals surface area contributed by atoms with Gasteiger partial charge in [0.25, 0.3) is 0 Å². The van der Waals surface area contributed by atoms with Gasteiger partial charge in [-0.2, -0.15) is 0 Å². The molecule has 2 aromatic carbocycles. The average Bonchev–Trinajstić information content (AvgIpc) is 2.93. The first-order chi connectivity index (χ1) is 9.38. The molecule has 1 aromatic heterocycles. The van der Waals surface area contributed by atoms with Crippen molar-refractivity contribution in [3.05, 3.63) is 66.6 Å². The third kappa shape index (κ3) is 2.28. The predicted molar refractivity (Wildman–Crippen MR) is 71.8 cm³/mol. The molecule has 19 heavy (non-hydrogen) atoms. The second-order valence-corrected chi connectivity index (χ2v) is 4.16. The van der Waals surface area contributed by atoms with Crippen LogP contribution in [0.5, 0.6) is 0 Å². The monoisotopic (exact) mass is 250 g/mol. The van der Waals surface area contributed by atoms with Crippen LogP contribution < -0.4 is 0 Å². The lowest BCUT2D eigenvalue weighted by molar-refractivity contribution is 0.151. The van der Waals surface area contributed by atoms with Gasteiger partial charge >= 0.3 is 0 Å². The molecular weight excluding hydrogens is 238 g/mol. The Morgan fingerprint density at radius 2 is 1.42 bits per heavy atom. The first-order valence-electron chi connectivity index (χ1n) is 6.07. The van der Waals surface area contributed by atoms with Gasteiger partial charge in [-0.15, -0.1) is 0 Å². The van der Waals surface area contributed by atoms with Crippen molar-refractivity contribution in [3.8, 4) is 22.6 Å². The van der Waals surface area contributed by atoms with E-state index in [-0.39, 0.29) is 5.89 Å². The molecule has 3 nitrogen and oxygen atoms in total. The maximum Gasteiger partial charge on any atom is 0.224 e. The number of hydrogen-bond donors (Lipinski definition) is 0. The summed E-state index contributed by atoms with van der Waals surface area (Å²) in [6, 6.07) is 19.4. The average molecular weight is 250 g/mol. The van der Waals surface area contributed by atoms with E-state index >= 15 is 0 Å². The molecule has 1 heterocycles. The van der Waals surface area contributed by atoms with Gasteiger partial charge in [-0.05, 0) is 0 Å². The second-order valence-electron chi connectivity index (χ2n) is 4.16. The van der Waals surface area contributed by atoms with E-state index in [1.54, 1.807) is 0 Å². The summed E-state index contributed by atoms with van der Waals surface area (Å²) < 4.78 is 5.58. The molecular formula is C16H12NO2. The van der Waals surface area contributed by atoms with Gasteiger partial charge in [0.2, 0.25) is 5.89 Å². The van der Waals surface area contributed by atoms with Crippen molar-refractivity contribution >= 4 is 0 Å². The van der Waals surface area contributed by atoms with Crippen LogP contribution in [0.2, 0.25) is 0 Å². The molecule has 0 atom stereocenters. The van der Waals surface area contributed by atoms with Crippen LogP contribution in [0, 0.1) is 0 Å². The van der Waals surface area contributed by atoms with E-state index in [0.717, 1.165) is 16.8 Å². The van der Waals surface area contributed by atoms with Crippen LogP contribution >= 0.6 is 0 Å². The van der Waals surface area contributed by atoms with Gasteiger partial charge in [0.1, 0.15) is 5.69 Å². The Morgan fingerprint density at radius 1 is 0.842 bits per heavy atom. The molecule has 0 saturated heterocycles. The first kappa shape index (κ1) is 11.7. The molecule has 0 bridgehead atoms. The highest BCUT2D eigenvalue weighted by Crippen LogP contribution is 2.32. The molecule has 0 spiro atoms. The van der Waals surface area contributed by atoms with Crippen molar-refractivity contribution in [2.75, 3.05) is 0 Å². The molecule has 3 rings (SSSR count). The minimum atomic E-state index is -0.452. The summed E-state index contributed by atoms with van der Waals surface area (Å²) in [5.74, 6) is 0.871. The van der Waals surface area contributed by atoms with E-state index < -0.39 is 6.61 Å². The predicted octanol–water partition coefficient (Wildman–Crippen LogP) is 3.94. The van der Waals surface area contributed by atoms with E-state index in [1.165, 1.54) is 0 Å². The molecule has 3 heteroatoms. The summed E-state index contributed by atoms with van der Waals surface area (Å²) in [7, 11) is 0. The Kier molecular flexibility index (Phi) is 3.12. The Hall–Kier alpha value is -2.39. The lowest BCUT2D eigenvalue weighted by atomic mass is 10.1. The van der Waals surface area contributed by atoms with Crippen LogP contribution in [0.4, 0.5) is 0 Å². The van der Waals surface area contributed by atoms with E-state index in [4.69, 9.17) is 4.42 Å². The lowest BCUT2D eigenvalue weighted by Gasteiger charge is -2.00. The number of benzene rings is 2. The molecule has 0 aliphatic rings. The van der Waals surface area contributed by atoms with Gasteiger partial charge in [0.15, 0.2) is 12.4 Å². The molecule has 0 unspecified atom stereocenters. The Bertz CT molecular complexity index is 603. The quantitative estimate of drug-likeness (QED) is 0.706. The van der Waals surface area contributed by atoms with Gasteiger partial charge in [-0.25, -0.2) is 10.1 Å². The topological polar surface area (TPSA) is 45.9 Å². The van der Waals surface area contributed by atoms with Crippen molar-refractivity contribution in [1.29, 1.82) is 0 Å². The van der Waals surface area contributed by atoms with Crippen LogP contribution in [0.3, 0.4) is 0 Å². The fourth-order valence-electron chi connectivity index (χ4n) is 2.00. The molecule has 1 radical (unpaired) electrons. The van der Waals surface area contributed by atoms with E-state index in [0.29, 0.717) is 5.76 Å². The highest BCUT2D eigenvalue weighted by molar-refractivity contribution is 5.76.